The largest absolute Gasteiger partial charge is 0.554 e. The minimum atomic E-state index is -1.46. The van der Waals surface area contributed by atoms with E-state index in [1.807, 2.05) is 18.2 Å². The SMILES string of the molecule is N#CCC(c1ccccc1)[B-]12OCCN1CCO2. The first-order valence-corrected chi connectivity index (χ1v) is 6.46. The van der Waals surface area contributed by atoms with Crippen molar-refractivity contribution in [3.8, 4) is 6.07 Å². The van der Waals surface area contributed by atoms with Gasteiger partial charge in [0.25, 0.3) is 0 Å². The van der Waals surface area contributed by atoms with Crippen LogP contribution in [0.4, 0.5) is 0 Å². The summed E-state index contributed by atoms with van der Waals surface area (Å²) in [6, 6.07) is 12.4. The predicted octanol–water partition coefficient (Wildman–Crippen LogP) is 1.52. The van der Waals surface area contributed by atoms with Gasteiger partial charge in [-0.05, 0) is 13.1 Å². The summed E-state index contributed by atoms with van der Waals surface area (Å²) in [4.78, 5) is 2.27. The van der Waals surface area contributed by atoms with Crippen LogP contribution in [0.5, 0.6) is 0 Å². The number of nitrogens with zero attached hydrogens (tertiary/aromatic N) is 2. The second-order valence-electron chi connectivity index (χ2n) is 4.89. The fraction of sp³-hybridized carbons (Fsp3) is 0.462. The third-order valence-corrected chi connectivity index (χ3v) is 4.03. The molecule has 2 aliphatic rings. The van der Waals surface area contributed by atoms with Crippen LogP contribution in [0.15, 0.2) is 30.3 Å². The smallest absolute Gasteiger partial charge is 0.326 e. The minimum Gasteiger partial charge on any atom is -0.554 e. The molecule has 0 spiro atoms. The standard InChI is InChI=1S/C13H16BN2O2/c15-7-6-13(12-4-2-1-3-5-12)14-16(8-10-17-14)9-11-18-14/h1-5,13H,6,8-11H2/q-1. The maximum Gasteiger partial charge on any atom is 0.326 e. The average molecular weight is 243 g/mol. The van der Waals surface area contributed by atoms with Gasteiger partial charge in [0.1, 0.15) is 0 Å². The lowest BCUT2D eigenvalue weighted by Gasteiger charge is -2.43. The van der Waals surface area contributed by atoms with Crippen LogP contribution in [0.1, 0.15) is 17.8 Å². The fourth-order valence-corrected chi connectivity index (χ4v) is 3.20. The molecule has 0 radical (unpaired) electrons. The van der Waals surface area contributed by atoms with Crippen LogP contribution in [0.25, 0.3) is 0 Å². The Morgan fingerprint density at radius 2 is 1.89 bits per heavy atom. The van der Waals surface area contributed by atoms with Crippen LogP contribution in [-0.4, -0.2) is 37.8 Å². The molecule has 0 aliphatic carbocycles. The van der Waals surface area contributed by atoms with Gasteiger partial charge in [0, 0.05) is 19.6 Å². The first-order chi connectivity index (χ1) is 8.87. The van der Waals surface area contributed by atoms with Gasteiger partial charge < -0.3 is 14.1 Å². The third-order valence-electron chi connectivity index (χ3n) is 4.03. The van der Waals surface area contributed by atoms with Gasteiger partial charge in [0.05, 0.1) is 6.07 Å². The summed E-state index contributed by atoms with van der Waals surface area (Å²) in [7, 11) is 0. The van der Waals surface area contributed by atoms with Crippen LogP contribution < -0.4 is 0 Å². The molecule has 2 fully saturated rings. The molecule has 2 heterocycles. The lowest BCUT2D eigenvalue weighted by atomic mass is 9.54. The molecule has 5 heteroatoms. The van der Waals surface area contributed by atoms with Crippen molar-refractivity contribution < 1.29 is 9.31 Å². The highest BCUT2D eigenvalue weighted by atomic mass is 16.6. The van der Waals surface area contributed by atoms with Crippen molar-refractivity contribution in [3.63, 3.8) is 0 Å². The summed E-state index contributed by atoms with van der Waals surface area (Å²) in [6.07, 6.45) is 0.431. The molecule has 0 aromatic heterocycles. The van der Waals surface area contributed by atoms with E-state index < -0.39 is 6.69 Å². The zero-order chi connectivity index (χ0) is 12.4. The molecule has 1 aromatic rings. The van der Waals surface area contributed by atoms with Gasteiger partial charge >= 0.3 is 6.69 Å². The summed E-state index contributed by atoms with van der Waals surface area (Å²) >= 11 is 0. The Labute approximate surface area is 107 Å². The number of hydrogen-bond donors (Lipinski definition) is 0. The molecule has 1 unspecified atom stereocenters. The van der Waals surface area contributed by atoms with Crippen molar-refractivity contribution in [3.05, 3.63) is 35.9 Å². The number of hydrogen-bond acceptors (Lipinski definition) is 4. The second-order valence-corrected chi connectivity index (χ2v) is 4.89. The normalized spacial score (nSPS) is 23.5. The monoisotopic (exact) mass is 243 g/mol. The Hall–Kier alpha value is -1.35. The molecule has 1 atom stereocenters. The topological polar surface area (TPSA) is 45.5 Å². The first kappa shape index (κ1) is 11.7. The molecule has 94 valence electrons. The lowest BCUT2D eigenvalue weighted by Crippen LogP contribution is -2.53. The maximum absolute atomic E-state index is 9.11. The molecule has 1 aromatic carbocycles. The number of fused-ring (bicyclic) bond motifs is 1. The lowest BCUT2D eigenvalue weighted by molar-refractivity contribution is 0.210. The van der Waals surface area contributed by atoms with E-state index >= 15 is 0 Å². The fourth-order valence-electron chi connectivity index (χ4n) is 3.20. The van der Waals surface area contributed by atoms with E-state index in [-0.39, 0.29) is 5.82 Å². The third kappa shape index (κ3) is 1.74. The molecule has 0 N–H and O–H groups in total. The maximum atomic E-state index is 9.11. The van der Waals surface area contributed by atoms with Gasteiger partial charge in [-0.2, -0.15) is 5.26 Å². The van der Waals surface area contributed by atoms with Gasteiger partial charge in [-0.1, -0.05) is 41.7 Å². The van der Waals surface area contributed by atoms with Gasteiger partial charge in [0.2, 0.25) is 0 Å². The molecule has 2 saturated heterocycles. The number of benzene rings is 1. The van der Waals surface area contributed by atoms with Crippen molar-refractivity contribution in [2.75, 3.05) is 26.3 Å². The number of rotatable bonds is 3. The van der Waals surface area contributed by atoms with Crippen molar-refractivity contribution in [2.24, 2.45) is 0 Å². The van der Waals surface area contributed by atoms with E-state index in [9.17, 15) is 0 Å². The Bertz CT molecular complexity index is 450. The van der Waals surface area contributed by atoms with Crippen LogP contribution in [0, 0.1) is 11.3 Å². The molecular formula is C13H16BN2O2-. The van der Waals surface area contributed by atoms with Crippen molar-refractivity contribution in [1.82, 2.24) is 4.81 Å². The van der Waals surface area contributed by atoms with Crippen LogP contribution in [0.2, 0.25) is 0 Å². The molecule has 3 rings (SSSR count). The van der Waals surface area contributed by atoms with Crippen LogP contribution in [-0.2, 0) is 9.31 Å². The summed E-state index contributed by atoms with van der Waals surface area (Å²) in [5.74, 6) is 0.0150. The molecule has 4 nitrogen and oxygen atoms in total. The van der Waals surface area contributed by atoms with E-state index in [0.717, 1.165) is 18.7 Å². The Morgan fingerprint density at radius 1 is 1.22 bits per heavy atom. The van der Waals surface area contributed by atoms with Crippen molar-refractivity contribution >= 4 is 6.69 Å². The molecule has 0 bridgehead atoms. The Balaban J connectivity index is 1.97. The van der Waals surface area contributed by atoms with E-state index in [4.69, 9.17) is 14.6 Å². The molecule has 0 amide bonds. The quantitative estimate of drug-likeness (QED) is 0.755. The minimum absolute atomic E-state index is 0.0150. The summed E-state index contributed by atoms with van der Waals surface area (Å²) < 4.78 is 11.9. The number of nitriles is 1. The van der Waals surface area contributed by atoms with E-state index in [1.165, 1.54) is 0 Å². The van der Waals surface area contributed by atoms with Crippen molar-refractivity contribution in [1.29, 1.82) is 5.26 Å². The Kier molecular flexibility index (Phi) is 3.08. The predicted molar refractivity (Wildman–Crippen MR) is 68.6 cm³/mol. The van der Waals surface area contributed by atoms with Gasteiger partial charge in [-0.3, -0.25) is 0 Å². The van der Waals surface area contributed by atoms with E-state index in [2.05, 4.69) is 23.0 Å². The summed E-state index contributed by atoms with van der Waals surface area (Å²) in [6.45, 7) is 1.77. The van der Waals surface area contributed by atoms with Gasteiger partial charge in [-0.15, -0.1) is 0 Å². The van der Waals surface area contributed by atoms with Gasteiger partial charge in [-0.25, -0.2) is 0 Å². The zero-order valence-electron chi connectivity index (χ0n) is 10.3. The van der Waals surface area contributed by atoms with Crippen LogP contribution >= 0.6 is 0 Å². The highest BCUT2D eigenvalue weighted by molar-refractivity contribution is 6.67. The highest BCUT2D eigenvalue weighted by Gasteiger charge is 2.48. The molecular weight excluding hydrogens is 227 g/mol. The summed E-state index contributed by atoms with van der Waals surface area (Å²) in [5, 5.41) is 9.11. The van der Waals surface area contributed by atoms with E-state index in [0.29, 0.717) is 19.6 Å². The Morgan fingerprint density at radius 3 is 2.50 bits per heavy atom. The van der Waals surface area contributed by atoms with Crippen LogP contribution in [0.3, 0.4) is 0 Å². The molecule has 18 heavy (non-hydrogen) atoms. The van der Waals surface area contributed by atoms with Crippen molar-refractivity contribution in [2.45, 2.75) is 12.2 Å². The molecule has 0 saturated carbocycles. The van der Waals surface area contributed by atoms with Gasteiger partial charge in [0.15, 0.2) is 0 Å². The first-order valence-electron chi connectivity index (χ1n) is 6.46. The second kappa shape index (κ2) is 4.73. The molecule has 2 aliphatic heterocycles. The zero-order valence-corrected chi connectivity index (χ0v) is 10.3. The van der Waals surface area contributed by atoms with E-state index in [1.54, 1.807) is 0 Å². The summed E-state index contributed by atoms with van der Waals surface area (Å²) in [5.41, 5.74) is 1.13. The average Bonchev–Trinajstić information content (AvgIpc) is 2.96. The highest BCUT2D eigenvalue weighted by Crippen LogP contribution is 2.39.